The van der Waals surface area contributed by atoms with Gasteiger partial charge in [-0.05, 0) is 18.2 Å². The zero-order valence-electron chi connectivity index (χ0n) is 14.9. The third-order valence-corrected chi connectivity index (χ3v) is 5.25. The minimum Gasteiger partial charge on any atom is -0.496 e. The number of hydrogen-bond acceptors (Lipinski definition) is 5. The molecule has 0 atom stereocenters. The van der Waals surface area contributed by atoms with Gasteiger partial charge >= 0.3 is 0 Å². The molecule has 1 N–H and O–H groups in total. The van der Waals surface area contributed by atoms with Crippen LogP contribution in [0.15, 0.2) is 36.7 Å². The molecule has 3 aromatic rings. The molecule has 0 aliphatic rings. The first kappa shape index (κ1) is 18.4. The van der Waals surface area contributed by atoms with Gasteiger partial charge in [0, 0.05) is 23.9 Å². The van der Waals surface area contributed by atoms with Crippen LogP contribution < -0.4 is 10.1 Å². The minimum atomic E-state index is -0.348. The van der Waals surface area contributed by atoms with E-state index >= 15 is 0 Å². The van der Waals surface area contributed by atoms with Crippen LogP contribution in [-0.2, 0) is 5.41 Å². The summed E-state index contributed by atoms with van der Waals surface area (Å²) in [4.78, 5) is 12.7. The van der Waals surface area contributed by atoms with Crippen LogP contribution in [0.1, 0.15) is 36.1 Å². The number of nitrogens with zero attached hydrogens (tertiary/aromatic N) is 3. The van der Waals surface area contributed by atoms with Crippen molar-refractivity contribution >= 4 is 34.0 Å². The second kappa shape index (κ2) is 7.09. The number of rotatable bonds is 4. The van der Waals surface area contributed by atoms with Gasteiger partial charge < -0.3 is 9.30 Å². The molecule has 0 saturated carbocycles. The zero-order valence-corrected chi connectivity index (χ0v) is 16.5. The maximum Gasteiger partial charge on any atom is 0.261 e. The normalized spacial score (nSPS) is 11.4. The summed E-state index contributed by atoms with van der Waals surface area (Å²) in [6, 6.07) is 7.12. The molecular formula is C18H19ClN4O2S. The van der Waals surface area contributed by atoms with E-state index < -0.39 is 0 Å². The monoisotopic (exact) mass is 390 g/mol. The summed E-state index contributed by atoms with van der Waals surface area (Å²) in [7, 11) is 1.52. The molecule has 0 spiro atoms. The van der Waals surface area contributed by atoms with Crippen LogP contribution in [0.4, 0.5) is 5.13 Å². The van der Waals surface area contributed by atoms with Crippen LogP contribution >= 0.6 is 22.9 Å². The van der Waals surface area contributed by atoms with Crippen molar-refractivity contribution in [2.45, 2.75) is 26.2 Å². The molecule has 0 radical (unpaired) electrons. The Morgan fingerprint density at radius 3 is 2.50 bits per heavy atom. The highest BCUT2D eigenvalue weighted by Crippen LogP contribution is 2.32. The Labute approximate surface area is 160 Å². The highest BCUT2D eigenvalue weighted by Gasteiger charge is 2.22. The molecule has 3 rings (SSSR count). The van der Waals surface area contributed by atoms with Crippen molar-refractivity contribution in [2.75, 3.05) is 12.4 Å². The fraction of sp³-hybridized carbons (Fsp3) is 0.278. The molecule has 0 bridgehead atoms. The molecule has 0 saturated heterocycles. The van der Waals surface area contributed by atoms with Gasteiger partial charge in [0.2, 0.25) is 5.13 Å². The number of methoxy groups -OCH3 is 1. The average molecular weight is 391 g/mol. The standard InChI is InChI=1S/C18H19ClN4O2S/c1-18(2,3)16-21-22-17(26-16)20-15(24)11-9-12(19)13(10-14(11)25-4)23-7-5-6-8-23/h5-10H,1-4H3,(H,20,22,24). The fourth-order valence-corrected chi connectivity index (χ4v) is 3.38. The number of amides is 1. The number of carbonyl (C=O) groups excluding carboxylic acids is 1. The van der Waals surface area contributed by atoms with Crippen LogP contribution in [0.3, 0.4) is 0 Å². The van der Waals surface area contributed by atoms with E-state index in [4.69, 9.17) is 16.3 Å². The predicted molar refractivity (Wildman–Crippen MR) is 104 cm³/mol. The molecule has 0 fully saturated rings. The van der Waals surface area contributed by atoms with Gasteiger partial charge in [-0.25, -0.2) is 0 Å². The van der Waals surface area contributed by atoms with Gasteiger partial charge in [-0.2, -0.15) is 0 Å². The molecular weight excluding hydrogens is 372 g/mol. The second-order valence-electron chi connectivity index (χ2n) is 6.71. The molecule has 2 heterocycles. The Bertz CT molecular complexity index is 929. The Morgan fingerprint density at radius 1 is 1.23 bits per heavy atom. The van der Waals surface area contributed by atoms with Crippen molar-refractivity contribution in [3.8, 4) is 11.4 Å². The van der Waals surface area contributed by atoms with Gasteiger partial charge in [-0.3, -0.25) is 10.1 Å². The van der Waals surface area contributed by atoms with Crippen LogP contribution in [0.2, 0.25) is 5.02 Å². The summed E-state index contributed by atoms with van der Waals surface area (Å²) in [6.07, 6.45) is 3.74. The van der Waals surface area contributed by atoms with Gasteiger partial charge in [0.05, 0.1) is 23.4 Å². The van der Waals surface area contributed by atoms with E-state index in [1.165, 1.54) is 18.4 Å². The van der Waals surface area contributed by atoms with E-state index in [9.17, 15) is 4.79 Å². The molecule has 0 unspecified atom stereocenters. The van der Waals surface area contributed by atoms with E-state index in [-0.39, 0.29) is 11.3 Å². The second-order valence-corrected chi connectivity index (χ2v) is 8.10. The number of nitrogens with one attached hydrogen (secondary N) is 1. The average Bonchev–Trinajstić information content (AvgIpc) is 3.25. The van der Waals surface area contributed by atoms with Crippen LogP contribution in [-0.4, -0.2) is 27.8 Å². The van der Waals surface area contributed by atoms with Crippen molar-refractivity contribution in [3.63, 3.8) is 0 Å². The number of aromatic nitrogens is 3. The van der Waals surface area contributed by atoms with E-state index in [2.05, 4.69) is 15.5 Å². The lowest BCUT2D eigenvalue weighted by molar-refractivity contribution is 0.102. The summed E-state index contributed by atoms with van der Waals surface area (Å²) in [5.41, 5.74) is 0.942. The number of halogens is 1. The Hall–Kier alpha value is -2.38. The van der Waals surface area contributed by atoms with Crippen LogP contribution in [0.5, 0.6) is 5.75 Å². The fourth-order valence-electron chi connectivity index (χ4n) is 2.32. The topological polar surface area (TPSA) is 69.0 Å². The minimum absolute atomic E-state index is 0.125. The Kier molecular flexibility index (Phi) is 5.02. The van der Waals surface area contributed by atoms with Crippen LogP contribution in [0, 0.1) is 0 Å². The Morgan fingerprint density at radius 2 is 1.92 bits per heavy atom. The first-order valence-corrected chi connectivity index (χ1v) is 9.15. The summed E-state index contributed by atoms with van der Waals surface area (Å²) < 4.78 is 7.25. The number of anilines is 1. The Balaban J connectivity index is 1.89. The van der Waals surface area contributed by atoms with E-state index in [0.29, 0.717) is 21.5 Å². The molecule has 0 aliphatic carbocycles. The molecule has 2 aromatic heterocycles. The predicted octanol–water partition coefficient (Wildman–Crippen LogP) is 4.54. The summed E-state index contributed by atoms with van der Waals surface area (Å²) in [5, 5.41) is 12.7. The van der Waals surface area contributed by atoms with Crippen molar-refractivity contribution in [2.24, 2.45) is 0 Å². The summed E-state index contributed by atoms with van der Waals surface area (Å²) >= 11 is 7.73. The molecule has 1 amide bonds. The maximum absolute atomic E-state index is 12.7. The number of benzene rings is 1. The van der Waals surface area contributed by atoms with Gasteiger partial charge in [0.25, 0.3) is 5.91 Å². The quantitative estimate of drug-likeness (QED) is 0.710. The molecule has 6 nitrogen and oxygen atoms in total. The van der Waals surface area contributed by atoms with Gasteiger partial charge in [-0.1, -0.05) is 43.7 Å². The zero-order chi connectivity index (χ0) is 18.9. The third-order valence-electron chi connectivity index (χ3n) is 3.68. The van der Waals surface area contributed by atoms with Gasteiger partial charge in [0.15, 0.2) is 0 Å². The van der Waals surface area contributed by atoms with E-state index in [0.717, 1.165) is 10.7 Å². The van der Waals surface area contributed by atoms with E-state index in [1.54, 1.807) is 12.1 Å². The van der Waals surface area contributed by atoms with Crippen LogP contribution in [0.25, 0.3) is 5.69 Å². The summed E-state index contributed by atoms with van der Waals surface area (Å²) in [6.45, 7) is 6.13. The molecule has 26 heavy (non-hydrogen) atoms. The molecule has 8 heteroatoms. The smallest absolute Gasteiger partial charge is 0.261 e. The summed E-state index contributed by atoms with van der Waals surface area (Å²) in [5.74, 6) is 0.0792. The lowest BCUT2D eigenvalue weighted by atomic mass is 9.98. The highest BCUT2D eigenvalue weighted by atomic mass is 35.5. The number of hydrogen-bond donors (Lipinski definition) is 1. The van der Waals surface area contributed by atoms with Gasteiger partial charge in [0.1, 0.15) is 10.8 Å². The lowest BCUT2D eigenvalue weighted by Crippen LogP contribution is -2.13. The van der Waals surface area contributed by atoms with E-state index in [1.807, 2.05) is 49.9 Å². The SMILES string of the molecule is COc1cc(-n2cccc2)c(Cl)cc1C(=O)Nc1nnc(C(C)(C)C)s1. The first-order chi connectivity index (χ1) is 12.3. The number of carbonyl (C=O) groups is 1. The maximum atomic E-state index is 12.7. The van der Waals surface area contributed by atoms with Crippen molar-refractivity contribution in [3.05, 3.63) is 52.3 Å². The third kappa shape index (κ3) is 3.73. The lowest BCUT2D eigenvalue weighted by Gasteiger charge is -2.13. The molecule has 0 aliphatic heterocycles. The van der Waals surface area contributed by atoms with Gasteiger partial charge in [-0.15, -0.1) is 10.2 Å². The first-order valence-electron chi connectivity index (χ1n) is 7.96. The van der Waals surface area contributed by atoms with Crippen molar-refractivity contribution in [1.82, 2.24) is 14.8 Å². The molecule has 1 aromatic carbocycles. The highest BCUT2D eigenvalue weighted by molar-refractivity contribution is 7.15. The van der Waals surface area contributed by atoms with Crippen molar-refractivity contribution in [1.29, 1.82) is 0 Å². The van der Waals surface area contributed by atoms with Crippen molar-refractivity contribution < 1.29 is 9.53 Å². The number of ether oxygens (including phenoxy) is 1. The largest absolute Gasteiger partial charge is 0.496 e. The molecule has 136 valence electrons.